The van der Waals surface area contributed by atoms with Gasteiger partial charge in [-0.05, 0) is 66.8 Å². The van der Waals surface area contributed by atoms with Crippen molar-refractivity contribution >= 4 is 10.9 Å². The molecule has 34 heavy (non-hydrogen) atoms. The molecule has 5 nitrogen and oxygen atoms in total. The van der Waals surface area contributed by atoms with E-state index in [2.05, 4.69) is 74.8 Å². The van der Waals surface area contributed by atoms with Crippen LogP contribution >= 0.6 is 0 Å². The third-order valence-electron chi connectivity index (χ3n) is 7.55. The fourth-order valence-corrected chi connectivity index (χ4v) is 5.92. The third kappa shape index (κ3) is 3.89. The molecule has 0 spiro atoms. The molecule has 2 unspecified atom stereocenters. The molecular weight excluding hydrogens is 420 g/mol. The van der Waals surface area contributed by atoms with Gasteiger partial charge < -0.3 is 15.0 Å². The van der Waals surface area contributed by atoms with Crippen LogP contribution in [0.4, 0.5) is 0 Å². The number of nitrogens with zero attached hydrogens (tertiary/aromatic N) is 2. The molecule has 2 aliphatic heterocycles. The van der Waals surface area contributed by atoms with Gasteiger partial charge in [0.1, 0.15) is 5.75 Å². The van der Waals surface area contributed by atoms with E-state index in [0.717, 1.165) is 31.8 Å². The van der Waals surface area contributed by atoms with Crippen molar-refractivity contribution < 1.29 is 4.74 Å². The Morgan fingerprint density at radius 3 is 2.88 bits per heavy atom. The van der Waals surface area contributed by atoms with Crippen LogP contribution < -0.4 is 10.1 Å². The predicted octanol–water partition coefficient (Wildman–Crippen LogP) is 5.53. The van der Waals surface area contributed by atoms with Crippen molar-refractivity contribution in [1.29, 1.82) is 0 Å². The first-order chi connectivity index (χ1) is 16.8. The first-order valence-corrected chi connectivity index (χ1v) is 12.5. The van der Waals surface area contributed by atoms with Crippen molar-refractivity contribution in [3.8, 4) is 5.75 Å². The molecule has 5 heteroatoms. The van der Waals surface area contributed by atoms with Crippen LogP contribution in [-0.2, 0) is 13.0 Å². The van der Waals surface area contributed by atoms with E-state index in [9.17, 15) is 0 Å². The van der Waals surface area contributed by atoms with E-state index in [-0.39, 0.29) is 6.04 Å². The molecule has 2 aliphatic rings. The maximum Gasteiger partial charge on any atom is 0.123 e. The highest BCUT2D eigenvalue weighted by molar-refractivity contribution is 5.85. The maximum absolute atomic E-state index is 5.82. The number of pyridine rings is 1. The largest absolute Gasteiger partial charge is 0.496 e. The smallest absolute Gasteiger partial charge is 0.123 e. The van der Waals surface area contributed by atoms with Gasteiger partial charge in [-0.2, -0.15) is 0 Å². The second-order valence-electron chi connectivity index (χ2n) is 9.54. The second kappa shape index (κ2) is 9.24. The highest BCUT2D eigenvalue weighted by Gasteiger charge is 2.28. The summed E-state index contributed by atoms with van der Waals surface area (Å²) in [5, 5.41) is 5.11. The summed E-state index contributed by atoms with van der Waals surface area (Å²) in [5.41, 5.74) is 7.83. The molecule has 0 saturated carbocycles. The van der Waals surface area contributed by atoms with Crippen LogP contribution in [0.3, 0.4) is 0 Å². The fraction of sp³-hybridized carbons (Fsp3) is 0.345. The molecule has 4 heterocycles. The van der Waals surface area contributed by atoms with Gasteiger partial charge in [0, 0.05) is 53.7 Å². The van der Waals surface area contributed by atoms with Gasteiger partial charge in [0.15, 0.2) is 0 Å². The standard InChI is InChI=1S/C29H32N4O/c1-34-27-12-11-20(28-29-24(13-15-31-28)23-8-2-3-9-25(23)32-29)17-22(27)19-33-16-5-4-10-26(33)21-7-6-14-30-18-21/h2-3,6-9,11-12,14,17-18,26,28,31-32H,4-5,10,13,15-16,19H2,1H3. The highest BCUT2D eigenvalue weighted by atomic mass is 16.5. The lowest BCUT2D eigenvalue weighted by Gasteiger charge is -2.36. The van der Waals surface area contributed by atoms with Gasteiger partial charge in [-0.25, -0.2) is 0 Å². The number of likely N-dealkylation sites (tertiary alicyclic amines) is 1. The van der Waals surface area contributed by atoms with Crippen molar-refractivity contribution in [3.63, 3.8) is 0 Å². The zero-order valence-corrected chi connectivity index (χ0v) is 19.8. The van der Waals surface area contributed by atoms with Gasteiger partial charge in [-0.1, -0.05) is 36.8 Å². The fourth-order valence-electron chi connectivity index (χ4n) is 5.92. The number of nitrogens with one attached hydrogen (secondary N) is 2. The van der Waals surface area contributed by atoms with Crippen LogP contribution in [0.2, 0.25) is 0 Å². The van der Waals surface area contributed by atoms with E-state index in [1.807, 2.05) is 12.4 Å². The number of piperidine rings is 1. The minimum atomic E-state index is 0.163. The number of aromatic amines is 1. The average molecular weight is 453 g/mol. The Hall–Kier alpha value is -3.15. The normalized spacial score (nSPS) is 20.9. The van der Waals surface area contributed by atoms with E-state index >= 15 is 0 Å². The summed E-state index contributed by atoms with van der Waals surface area (Å²) in [7, 11) is 1.78. The van der Waals surface area contributed by atoms with Crippen molar-refractivity contribution in [2.45, 2.75) is 44.3 Å². The lowest BCUT2D eigenvalue weighted by molar-refractivity contribution is 0.139. The van der Waals surface area contributed by atoms with Crippen molar-refractivity contribution in [1.82, 2.24) is 20.2 Å². The third-order valence-corrected chi connectivity index (χ3v) is 7.55. The van der Waals surface area contributed by atoms with Crippen LogP contribution in [0.1, 0.15) is 59.3 Å². The number of ether oxygens (including phenoxy) is 1. The Kier molecular flexibility index (Phi) is 5.81. The average Bonchev–Trinajstić information content (AvgIpc) is 3.28. The van der Waals surface area contributed by atoms with Crippen molar-refractivity contribution in [2.24, 2.45) is 0 Å². The van der Waals surface area contributed by atoms with E-state index in [1.165, 1.54) is 58.1 Å². The molecule has 0 bridgehead atoms. The Morgan fingerprint density at radius 2 is 2.00 bits per heavy atom. The number of para-hydroxylation sites is 1. The van der Waals surface area contributed by atoms with E-state index < -0.39 is 0 Å². The molecule has 1 fully saturated rings. The van der Waals surface area contributed by atoms with Gasteiger partial charge in [-0.3, -0.25) is 9.88 Å². The molecular formula is C29H32N4O. The zero-order chi connectivity index (χ0) is 22.9. The number of methoxy groups -OCH3 is 1. The molecule has 2 aromatic carbocycles. The van der Waals surface area contributed by atoms with Crippen molar-refractivity contribution in [2.75, 3.05) is 20.2 Å². The quantitative estimate of drug-likeness (QED) is 0.418. The van der Waals surface area contributed by atoms with Crippen LogP contribution in [0.5, 0.6) is 5.75 Å². The first kappa shape index (κ1) is 21.4. The number of aromatic nitrogens is 2. The number of hydrogen-bond donors (Lipinski definition) is 2. The van der Waals surface area contributed by atoms with Gasteiger partial charge in [-0.15, -0.1) is 0 Å². The molecule has 174 valence electrons. The lowest BCUT2D eigenvalue weighted by atomic mass is 9.92. The number of benzene rings is 2. The molecule has 2 N–H and O–H groups in total. The minimum Gasteiger partial charge on any atom is -0.496 e. The van der Waals surface area contributed by atoms with E-state index in [1.54, 1.807) is 7.11 Å². The van der Waals surface area contributed by atoms with Crippen LogP contribution in [-0.4, -0.2) is 35.1 Å². The SMILES string of the molecule is COc1ccc(C2NCCc3c2[nH]c2ccccc32)cc1CN1CCCCC1c1cccnc1. The van der Waals surface area contributed by atoms with Gasteiger partial charge >= 0.3 is 0 Å². The van der Waals surface area contributed by atoms with Gasteiger partial charge in [0.2, 0.25) is 0 Å². The Bertz CT molecular complexity index is 1280. The highest BCUT2D eigenvalue weighted by Crippen LogP contribution is 2.37. The summed E-state index contributed by atoms with van der Waals surface area (Å²) in [5.74, 6) is 0.965. The molecule has 2 aromatic heterocycles. The number of H-pyrrole nitrogens is 1. The summed E-state index contributed by atoms with van der Waals surface area (Å²) in [6.45, 7) is 2.96. The molecule has 1 saturated heterocycles. The Balaban J connectivity index is 1.34. The minimum absolute atomic E-state index is 0.163. The second-order valence-corrected chi connectivity index (χ2v) is 9.54. The van der Waals surface area contributed by atoms with E-state index in [0.29, 0.717) is 6.04 Å². The summed E-state index contributed by atoms with van der Waals surface area (Å²) >= 11 is 0. The topological polar surface area (TPSA) is 53.2 Å². The summed E-state index contributed by atoms with van der Waals surface area (Å²) in [6.07, 6.45) is 8.62. The summed E-state index contributed by atoms with van der Waals surface area (Å²) in [6, 6.07) is 20.2. The van der Waals surface area contributed by atoms with Gasteiger partial charge in [0.25, 0.3) is 0 Å². The van der Waals surface area contributed by atoms with Crippen molar-refractivity contribution in [3.05, 3.63) is 94.9 Å². The molecule has 0 radical (unpaired) electrons. The summed E-state index contributed by atoms with van der Waals surface area (Å²) < 4.78 is 5.82. The number of hydrogen-bond acceptors (Lipinski definition) is 4. The maximum atomic E-state index is 5.82. The Morgan fingerprint density at radius 1 is 1.06 bits per heavy atom. The lowest BCUT2D eigenvalue weighted by Crippen LogP contribution is -2.33. The first-order valence-electron chi connectivity index (χ1n) is 12.5. The van der Waals surface area contributed by atoms with Crippen LogP contribution in [0.25, 0.3) is 10.9 Å². The molecule has 0 amide bonds. The number of rotatable bonds is 5. The summed E-state index contributed by atoms with van der Waals surface area (Å²) in [4.78, 5) is 10.7. The Labute approximate surface area is 201 Å². The molecule has 4 aromatic rings. The van der Waals surface area contributed by atoms with Gasteiger partial charge in [0.05, 0.1) is 13.2 Å². The monoisotopic (exact) mass is 452 g/mol. The van der Waals surface area contributed by atoms with Crippen LogP contribution in [0, 0.1) is 0 Å². The van der Waals surface area contributed by atoms with Crippen LogP contribution in [0.15, 0.2) is 67.0 Å². The molecule has 0 aliphatic carbocycles. The zero-order valence-electron chi connectivity index (χ0n) is 19.8. The number of fused-ring (bicyclic) bond motifs is 3. The molecule has 6 rings (SSSR count). The molecule has 2 atom stereocenters. The van der Waals surface area contributed by atoms with E-state index in [4.69, 9.17) is 4.74 Å². The predicted molar refractivity (Wildman–Crippen MR) is 136 cm³/mol.